The van der Waals surface area contributed by atoms with Crippen molar-refractivity contribution in [1.29, 1.82) is 0 Å². The summed E-state index contributed by atoms with van der Waals surface area (Å²) < 4.78 is 22.1. The molecule has 0 spiro atoms. The van der Waals surface area contributed by atoms with E-state index >= 15 is 0 Å². The Bertz CT molecular complexity index is 1260. The molecule has 8 nitrogen and oxygen atoms in total. The molecule has 0 radical (unpaired) electrons. The van der Waals surface area contributed by atoms with Crippen molar-refractivity contribution in [2.45, 2.75) is 39.2 Å². The zero-order valence-corrected chi connectivity index (χ0v) is 21.9. The molecule has 2 heterocycles. The molecule has 198 valence electrons. The minimum atomic E-state index is -0.432. The Morgan fingerprint density at radius 3 is 2.59 bits per heavy atom. The Balaban J connectivity index is 1.56. The number of benzene rings is 2. The zero-order valence-electron chi connectivity index (χ0n) is 21.9. The SMILES string of the molecule is COCCOCCOC(=O)c1ccccc1NC(C)c1cc(C)cc2c(=O)cc(N3CCCCC3)oc12. The van der Waals surface area contributed by atoms with Crippen LogP contribution in [0.15, 0.2) is 51.7 Å². The fourth-order valence-corrected chi connectivity index (χ4v) is 4.63. The van der Waals surface area contributed by atoms with Crippen LogP contribution in [0, 0.1) is 6.92 Å². The summed E-state index contributed by atoms with van der Waals surface area (Å²) in [6.45, 7) is 7.12. The summed E-state index contributed by atoms with van der Waals surface area (Å²) >= 11 is 0. The van der Waals surface area contributed by atoms with Gasteiger partial charge < -0.3 is 28.8 Å². The van der Waals surface area contributed by atoms with Gasteiger partial charge in [-0.2, -0.15) is 0 Å². The van der Waals surface area contributed by atoms with Gasteiger partial charge in [-0.3, -0.25) is 4.79 Å². The third kappa shape index (κ3) is 6.70. The number of carbonyl (C=O) groups is 1. The molecule has 1 aliphatic rings. The molecule has 1 fully saturated rings. The van der Waals surface area contributed by atoms with Crippen molar-refractivity contribution in [3.05, 3.63) is 69.4 Å². The number of nitrogens with zero attached hydrogens (tertiary/aromatic N) is 1. The highest BCUT2D eigenvalue weighted by atomic mass is 16.6. The predicted octanol–water partition coefficient (Wildman–Crippen LogP) is 5.08. The van der Waals surface area contributed by atoms with Gasteiger partial charge in [0.25, 0.3) is 0 Å². The second-order valence-corrected chi connectivity index (χ2v) is 9.38. The Morgan fingerprint density at radius 1 is 1.05 bits per heavy atom. The zero-order chi connectivity index (χ0) is 26.2. The van der Waals surface area contributed by atoms with Crippen molar-refractivity contribution < 1.29 is 23.4 Å². The van der Waals surface area contributed by atoms with E-state index in [4.69, 9.17) is 18.6 Å². The van der Waals surface area contributed by atoms with Crippen LogP contribution >= 0.6 is 0 Å². The number of carbonyl (C=O) groups excluding carboxylic acids is 1. The number of para-hydroxylation sites is 1. The van der Waals surface area contributed by atoms with Crippen molar-refractivity contribution in [3.8, 4) is 0 Å². The predicted molar refractivity (Wildman–Crippen MR) is 145 cm³/mol. The van der Waals surface area contributed by atoms with E-state index in [1.165, 1.54) is 6.42 Å². The molecule has 2 aromatic carbocycles. The Hall–Kier alpha value is -3.36. The van der Waals surface area contributed by atoms with Gasteiger partial charge in [-0.05, 0) is 56.9 Å². The number of rotatable bonds is 11. The normalized spacial score (nSPS) is 14.5. The fourth-order valence-electron chi connectivity index (χ4n) is 4.63. The minimum absolute atomic E-state index is 0.0457. The molecule has 0 saturated carbocycles. The molecule has 1 saturated heterocycles. The fraction of sp³-hybridized carbons (Fsp3) is 0.448. The van der Waals surface area contributed by atoms with Gasteiger partial charge >= 0.3 is 5.97 Å². The quantitative estimate of drug-likeness (QED) is 0.283. The van der Waals surface area contributed by atoms with E-state index in [0.29, 0.717) is 47.9 Å². The number of esters is 1. The molecule has 0 aliphatic carbocycles. The molecule has 1 aromatic heterocycles. The van der Waals surface area contributed by atoms with Crippen LogP contribution in [0.2, 0.25) is 0 Å². The van der Waals surface area contributed by atoms with Crippen LogP contribution in [0.25, 0.3) is 11.0 Å². The van der Waals surface area contributed by atoms with Crippen LogP contribution in [-0.4, -0.2) is 52.6 Å². The van der Waals surface area contributed by atoms with E-state index in [0.717, 1.165) is 37.1 Å². The lowest BCUT2D eigenvalue weighted by atomic mass is 10.0. The van der Waals surface area contributed by atoms with Gasteiger partial charge in [0.1, 0.15) is 12.2 Å². The topological polar surface area (TPSA) is 90.2 Å². The largest absolute Gasteiger partial charge is 0.460 e. The van der Waals surface area contributed by atoms with Gasteiger partial charge in [0, 0.05) is 37.5 Å². The Kier molecular flexibility index (Phi) is 9.19. The lowest BCUT2D eigenvalue weighted by Gasteiger charge is -2.27. The maximum Gasteiger partial charge on any atom is 0.340 e. The number of anilines is 2. The van der Waals surface area contributed by atoms with E-state index in [1.54, 1.807) is 25.3 Å². The molecule has 1 atom stereocenters. The summed E-state index contributed by atoms with van der Waals surface area (Å²) in [4.78, 5) is 28.0. The number of nitrogens with one attached hydrogen (secondary N) is 1. The summed E-state index contributed by atoms with van der Waals surface area (Å²) in [5.74, 6) is 0.185. The first-order valence-corrected chi connectivity index (χ1v) is 12.9. The molecule has 1 N–H and O–H groups in total. The van der Waals surface area contributed by atoms with E-state index in [2.05, 4.69) is 10.2 Å². The molecule has 3 aromatic rings. The van der Waals surface area contributed by atoms with Crippen LogP contribution < -0.4 is 15.6 Å². The summed E-state index contributed by atoms with van der Waals surface area (Å²) in [5, 5.41) is 4.00. The summed E-state index contributed by atoms with van der Waals surface area (Å²) in [6.07, 6.45) is 3.38. The van der Waals surface area contributed by atoms with Gasteiger partial charge in [0.05, 0.1) is 36.8 Å². The first-order chi connectivity index (χ1) is 18.0. The minimum Gasteiger partial charge on any atom is -0.460 e. The summed E-state index contributed by atoms with van der Waals surface area (Å²) in [5.41, 5.74) is 3.43. The number of ether oxygens (including phenoxy) is 3. The van der Waals surface area contributed by atoms with Crippen molar-refractivity contribution in [2.75, 3.05) is 56.8 Å². The monoisotopic (exact) mass is 508 g/mol. The second-order valence-electron chi connectivity index (χ2n) is 9.38. The van der Waals surface area contributed by atoms with Crippen molar-refractivity contribution in [3.63, 3.8) is 0 Å². The smallest absolute Gasteiger partial charge is 0.340 e. The average Bonchev–Trinajstić information content (AvgIpc) is 2.91. The van der Waals surface area contributed by atoms with Crippen LogP contribution in [0.5, 0.6) is 0 Å². The van der Waals surface area contributed by atoms with Gasteiger partial charge in [-0.15, -0.1) is 0 Å². The van der Waals surface area contributed by atoms with Crippen LogP contribution in [0.3, 0.4) is 0 Å². The molecule has 0 bridgehead atoms. The second kappa shape index (κ2) is 12.7. The lowest BCUT2D eigenvalue weighted by molar-refractivity contribution is 0.0214. The third-order valence-electron chi connectivity index (χ3n) is 6.53. The highest BCUT2D eigenvalue weighted by Crippen LogP contribution is 2.31. The van der Waals surface area contributed by atoms with E-state index < -0.39 is 5.97 Å². The molecule has 0 amide bonds. The maximum atomic E-state index is 13.1. The Labute approximate surface area is 217 Å². The lowest BCUT2D eigenvalue weighted by Crippen LogP contribution is -2.30. The number of fused-ring (bicyclic) bond motifs is 1. The van der Waals surface area contributed by atoms with Crippen LogP contribution in [-0.2, 0) is 14.2 Å². The number of hydrogen-bond donors (Lipinski definition) is 1. The number of hydrogen-bond acceptors (Lipinski definition) is 8. The van der Waals surface area contributed by atoms with Crippen molar-refractivity contribution in [1.82, 2.24) is 0 Å². The number of aryl methyl sites for hydroxylation is 1. The van der Waals surface area contributed by atoms with Gasteiger partial charge in [-0.1, -0.05) is 18.2 Å². The van der Waals surface area contributed by atoms with E-state index in [1.807, 2.05) is 38.1 Å². The van der Waals surface area contributed by atoms with Gasteiger partial charge in [0.15, 0.2) is 11.3 Å². The molecular weight excluding hydrogens is 472 g/mol. The van der Waals surface area contributed by atoms with Crippen molar-refractivity contribution in [2.24, 2.45) is 0 Å². The standard InChI is InChI=1S/C29H36N2O6/c1-20-17-23(28-24(18-20)26(32)19-27(37-28)31-11-7-4-8-12-31)21(2)30-25-10-6-5-9-22(25)29(33)36-16-15-35-14-13-34-3/h5-6,9-10,17-19,21,30H,4,7-8,11-16H2,1-3H3. The van der Waals surface area contributed by atoms with Gasteiger partial charge in [-0.25, -0.2) is 4.79 Å². The van der Waals surface area contributed by atoms with Crippen LogP contribution in [0.1, 0.15) is 53.7 Å². The highest BCUT2D eigenvalue weighted by Gasteiger charge is 2.21. The molecule has 4 rings (SSSR count). The first-order valence-electron chi connectivity index (χ1n) is 12.9. The molecule has 1 unspecified atom stereocenters. The molecular formula is C29H36N2O6. The Morgan fingerprint density at radius 2 is 1.81 bits per heavy atom. The van der Waals surface area contributed by atoms with E-state index in [9.17, 15) is 9.59 Å². The maximum absolute atomic E-state index is 13.1. The number of methoxy groups -OCH3 is 1. The number of piperidine rings is 1. The third-order valence-corrected chi connectivity index (χ3v) is 6.53. The van der Waals surface area contributed by atoms with Crippen LogP contribution in [0.4, 0.5) is 11.6 Å². The highest BCUT2D eigenvalue weighted by molar-refractivity contribution is 5.95. The molecule has 37 heavy (non-hydrogen) atoms. The first kappa shape index (κ1) is 26.7. The van der Waals surface area contributed by atoms with Gasteiger partial charge in [0.2, 0.25) is 0 Å². The average molecular weight is 509 g/mol. The molecule has 1 aliphatic heterocycles. The molecule has 8 heteroatoms. The summed E-state index contributed by atoms with van der Waals surface area (Å²) in [6, 6.07) is 12.5. The summed E-state index contributed by atoms with van der Waals surface area (Å²) in [7, 11) is 1.61. The van der Waals surface area contributed by atoms with E-state index in [-0.39, 0.29) is 18.1 Å². The van der Waals surface area contributed by atoms with Crippen molar-refractivity contribution >= 4 is 28.5 Å².